The highest BCUT2D eigenvalue weighted by molar-refractivity contribution is 5.57. The van der Waals surface area contributed by atoms with Gasteiger partial charge >= 0.3 is 0 Å². The zero-order chi connectivity index (χ0) is 10.3. The van der Waals surface area contributed by atoms with Crippen LogP contribution in [-0.2, 0) is 0 Å². The normalized spacial score (nSPS) is 25.9. The molecule has 15 heavy (non-hydrogen) atoms. The minimum atomic E-state index is 0.872. The lowest BCUT2D eigenvalue weighted by atomic mass is 10.1. The molecule has 0 amide bonds. The van der Waals surface area contributed by atoms with Gasteiger partial charge in [-0.3, -0.25) is 0 Å². The summed E-state index contributed by atoms with van der Waals surface area (Å²) >= 11 is 0. The van der Waals surface area contributed by atoms with Crippen LogP contribution in [-0.4, -0.2) is 13.1 Å². The van der Waals surface area contributed by atoms with Crippen molar-refractivity contribution in [3.05, 3.63) is 29.8 Å². The van der Waals surface area contributed by atoms with Gasteiger partial charge in [0, 0.05) is 18.8 Å². The number of benzene rings is 1. The Balaban J connectivity index is 1.89. The van der Waals surface area contributed by atoms with Crippen LogP contribution < -0.4 is 4.90 Å². The molecule has 1 nitrogen and oxygen atoms in total. The standard InChI is InChI=1S/C14H19N/c1-11-8-9-15(10-11)14-5-3-2-4-13(14)12-6-7-12/h2-5,11-12H,6-10H2,1H3. The number of hydrogen-bond donors (Lipinski definition) is 0. The molecule has 2 aliphatic rings. The van der Waals surface area contributed by atoms with Crippen LogP contribution in [0.3, 0.4) is 0 Å². The van der Waals surface area contributed by atoms with E-state index in [1.807, 2.05) is 0 Å². The van der Waals surface area contributed by atoms with Gasteiger partial charge in [-0.25, -0.2) is 0 Å². The van der Waals surface area contributed by atoms with Gasteiger partial charge in [-0.05, 0) is 42.7 Å². The Hall–Kier alpha value is -0.980. The summed E-state index contributed by atoms with van der Waals surface area (Å²) in [5.74, 6) is 1.74. The highest BCUT2D eigenvalue weighted by Gasteiger charge is 2.29. The number of para-hydroxylation sites is 1. The number of rotatable bonds is 2. The Morgan fingerprint density at radius 3 is 2.60 bits per heavy atom. The van der Waals surface area contributed by atoms with E-state index in [1.165, 1.54) is 38.0 Å². The molecule has 0 N–H and O–H groups in total. The molecule has 0 radical (unpaired) electrons. The summed E-state index contributed by atoms with van der Waals surface area (Å²) in [4.78, 5) is 2.58. The van der Waals surface area contributed by atoms with Crippen molar-refractivity contribution in [3.8, 4) is 0 Å². The Kier molecular flexibility index (Phi) is 2.19. The van der Waals surface area contributed by atoms with E-state index in [-0.39, 0.29) is 0 Å². The summed E-state index contributed by atoms with van der Waals surface area (Å²) in [6.45, 7) is 4.87. The van der Waals surface area contributed by atoms with Gasteiger partial charge in [0.2, 0.25) is 0 Å². The predicted molar refractivity (Wildman–Crippen MR) is 64.4 cm³/mol. The summed E-state index contributed by atoms with van der Waals surface area (Å²) in [5, 5.41) is 0. The first-order chi connectivity index (χ1) is 7.34. The third-order valence-electron chi connectivity index (χ3n) is 3.72. The monoisotopic (exact) mass is 201 g/mol. The van der Waals surface area contributed by atoms with Crippen molar-refractivity contribution in [2.24, 2.45) is 5.92 Å². The first-order valence-corrected chi connectivity index (χ1v) is 6.18. The third kappa shape index (κ3) is 1.75. The highest BCUT2D eigenvalue weighted by Crippen LogP contribution is 2.44. The largest absolute Gasteiger partial charge is 0.371 e. The van der Waals surface area contributed by atoms with Gasteiger partial charge in [0.25, 0.3) is 0 Å². The Morgan fingerprint density at radius 2 is 1.93 bits per heavy atom. The van der Waals surface area contributed by atoms with Crippen LogP contribution in [0.25, 0.3) is 0 Å². The molecular formula is C14H19N. The average Bonchev–Trinajstić information content (AvgIpc) is 3.02. The lowest BCUT2D eigenvalue weighted by Gasteiger charge is -2.21. The van der Waals surface area contributed by atoms with Crippen LogP contribution in [0.15, 0.2) is 24.3 Å². The van der Waals surface area contributed by atoms with E-state index in [1.54, 1.807) is 5.56 Å². The topological polar surface area (TPSA) is 3.24 Å². The molecular weight excluding hydrogens is 182 g/mol. The van der Waals surface area contributed by atoms with E-state index in [2.05, 4.69) is 36.1 Å². The van der Waals surface area contributed by atoms with E-state index in [0.717, 1.165) is 11.8 Å². The zero-order valence-corrected chi connectivity index (χ0v) is 9.45. The van der Waals surface area contributed by atoms with Crippen LogP contribution >= 0.6 is 0 Å². The van der Waals surface area contributed by atoms with Gasteiger partial charge < -0.3 is 4.90 Å². The molecule has 1 atom stereocenters. The lowest BCUT2D eigenvalue weighted by Crippen LogP contribution is -2.20. The second kappa shape index (κ2) is 3.55. The fraction of sp³-hybridized carbons (Fsp3) is 0.571. The van der Waals surface area contributed by atoms with Crippen molar-refractivity contribution in [1.82, 2.24) is 0 Å². The molecule has 80 valence electrons. The van der Waals surface area contributed by atoms with E-state index in [0.29, 0.717) is 0 Å². The van der Waals surface area contributed by atoms with Gasteiger partial charge in [0.15, 0.2) is 0 Å². The van der Waals surface area contributed by atoms with Gasteiger partial charge in [-0.2, -0.15) is 0 Å². The van der Waals surface area contributed by atoms with Crippen molar-refractivity contribution in [1.29, 1.82) is 0 Å². The highest BCUT2D eigenvalue weighted by atomic mass is 15.2. The molecule has 0 aromatic heterocycles. The van der Waals surface area contributed by atoms with Gasteiger partial charge in [-0.15, -0.1) is 0 Å². The number of hydrogen-bond acceptors (Lipinski definition) is 1. The second-order valence-electron chi connectivity index (χ2n) is 5.17. The molecule has 1 saturated heterocycles. The summed E-state index contributed by atoms with van der Waals surface area (Å²) in [5.41, 5.74) is 3.12. The molecule has 1 aromatic rings. The Labute approximate surface area is 92.1 Å². The first-order valence-electron chi connectivity index (χ1n) is 6.18. The molecule has 0 bridgehead atoms. The number of nitrogens with zero attached hydrogens (tertiary/aromatic N) is 1. The van der Waals surface area contributed by atoms with Gasteiger partial charge in [-0.1, -0.05) is 25.1 Å². The predicted octanol–water partition coefficient (Wildman–Crippen LogP) is 3.41. The minimum absolute atomic E-state index is 0.872. The minimum Gasteiger partial charge on any atom is -0.371 e. The number of anilines is 1. The van der Waals surface area contributed by atoms with E-state index in [9.17, 15) is 0 Å². The van der Waals surface area contributed by atoms with Crippen LogP contribution in [0.4, 0.5) is 5.69 Å². The molecule has 1 aliphatic heterocycles. The maximum atomic E-state index is 2.58. The molecule has 1 saturated carbocycles. The molecule has 1 heterocycles. The van der Waals surface area contributed by atoms with Crippen LogP contribution in [0, 0.1) is 5.92 Å². The quantitative estimate of drug-likeness (QED) is 0.708. The summed E-state index contributed by atoms with van der Waals surface area (Å²) in [7, 11) is 0. The fourth-order valence-corrected chi connectivity index (χ4v) is 2.67. The van der Waals surface area contributed by atoms with Crippen LogP contribution in [0.1, 0.15) is 37.7 Å². The molecule has 0 spiro atoms. The first kappa shape index (κ1) is 9.26. The van der Waals surface area contributed by atoms with Crippen molar-refractivity contribution >= 4 is 5.69 Å². The summed E-state index contributed by atoms with van der Waals surface area (Å²) in [6, 6.07) is 9.02. The molecule has 2 fully saturated rings. The van der Waals surface area contributed by atoms with Gasteiger partial charge in [0.1, 0.15) is 0 Å². The molecule has 1 aromatic carbocycles. The van der Waals surface area contributed by atoms with Crippen molar-refractivity contribution < 1.29 is 0 Å². The second-order valence-corrected chi connectivity index (χ2v) is 5.17. The maximum Gasteiger partial charge on any atom is 0.0401 e. The summed E-state index contributed by atoms with van der Waals surface area (Å²) in [6.07, 6.45) is 4.17. The molecule has 3 rings (SSSR count). The Morgan fingerprint density at radius 1 is 1.13 bits per heavy atom. The molecule has 1 unspecified atom stereocenters. The van der Waals surface area contributed by atoms with E-state index >= 15 is 0 Å². The molecule has 1 heteroatoms. The van der Waals surface area contributed by atoms with Crippen LogP contribution in [0.2, 0.25) is 0 Å². The SMILES string of the molecule is CC1CCN(c2ccccc2C2CC2)C1. The molecule has 1 aliphatic carbocycles. The maximum absolute atomic E-state index is 2.58. The average molecular weight is 201 g/mol. The van der Waals surface area contributed by atoms with E-state index in [4.69, 9.17) is 0 Å². The summed E-state index contributed by atoms with van der Waals surface area (Å²) < 4.78 is 0. The Bertz CT molecular complexity index is 354. The van der Waals surface area contributed by atoms with Crippen molar-refractivity contribution in [2.75, 3.05) is 18.0 Å². The van der Waals surface area contributed by atoms with E-state index < -0.39 is 0 Å². The van der Waals surface area contributed by atoms with Crippen molar-refractivity contribution in [2.45, 2.75) is 32.1 Å². The third-order valence-corrected chi connectivity index (χ3v) is 3.72. The lowest BCUT2D eigenvalue weighted by molar-refractivity contribution is 0.659. The zero-order valence-electron chi connectivity index (χ0n) is 9.45. The fourth-order valence-electron chi connectivity index (χ4n) is 2.67. The van der Waals surface area contributed by atoms with Gasteiger partial charge in [0.05, 0.1) is 0 Å². The smallest absolute Gasteiger partial charge is 0.0401 e. The van der Waals surface area contributed by atoms with Crippen LogP contribution in [0.5, 0.6) is 0 Å². The van der Waals surface area contributed by atoms with Crippen molar-refractivity contribution in [3.63, 3.8) is 0 Å².